The van der Waals surface area contributed by atoms with Crippen molar-refractivity contribution in [3.8, 4) is 11.6 Å². The fourth-order valence-electron chi connectivity index (χ4n) is 3.15. The summed E-state index contributed by atoms with van der Waals surface area (Å²) in [4.78, 5) is 16.0. The third-order valence-corrected chi connectivity index (χ3v) is 6.57. The van der Waals surface area contributed by atoms with E-state index in [9.17, 15) is 22.2 Å². The molecule has 1 aromatic carbocycles. The van der Waals surface area contributed by atoms with E-state index in [1.54, 1.807) is 6.07 Å². The predicted octanol–water partition coefficient (Wildman–Crippen LogP) is 3.09. The summed E-state index contributed by atoms with van der Waals surface area (Å²) in [6.07, 6.45) is -2.91. The first kappa shape index (κ1) is 22.6. The van der Waals surface area contributed by atoms with E-state index in [2.05, 4.69) is 20.4 Å². The molecule has 174 valence electrons. The molecule has 3 heterocycles. The first-order valence-corrected chi connectivity index (χ1v) is 11.6. The van der Waals surface area contributed by atoms with E-state index in [0.717, 1.165) is 0 Å². The lowest BCUT2D eigenvalue weighted by atomic mass is 10.2. The predicted molar refractivity (Wildman–Crippen MR) is 110 cm³/mol. The molecule has 0 saturated carbocycles. The van der Waals surface area contributed by atoms with Gasteiger partial charge in [-0.15, -0.1) is 15.3 Å². The third-order valence-electron chi connectivity index (χ3n) is 4.89. The zero-order valence-electron chi connectivity index (χ0n) is 17.0. The van der Waals surface area contributed by atoms with Crippen molar-refractivity contribution in [1.82, 2.24) is 25.3 Å². The molecule has 14 heteroatoms. The normalized spacial score (nSPS) is 15.6. The molecule has 4 rings (SSSR count). The van der Waals surface area contributed by atoms with Crippen LogP contribution in [0.3, 0.4) is 0 Å². The monoisotopic (exact) mass is 481 g/mol. The minimum Gasteiger partial charge on any atom is -0.413 e. The fraction of sp³-hybridized carbons (Fsp3) is 0.316. The van der Waals surface area contributed by atoms with E-state index in [-0.39, 0.29) is 48.4 Å². The molecule has 1 saturated heterocycles. The highest BCUT2D eigenvalue weighted by atomic mass is 32.2. The molecule has 1 fully saturated rings. The molecule has 3 aromatic rings. The lowest BCUT2D eigenvalue weighted by molar-refractivity contribution is 0.116. The number of hydrogen-bond acceptors (Lipinski definition) is 8. The molecule has 0 aliphatic carbocycles. The Morgan fingerprint density at radius 2 is 1.91 bits per heavy atom. The number of carbonyl (C=O) groups excluding carboxylic acids is 1. The van der Waals surface area contributed by atoms with Gasteiger partial charge >= 0.3 is 12.5 Å². The highest BCUT2D eigenvalue weighted by molar-refractivity contribution is 7.92. The van der Waals surface area contributed by atoms with Crippen molar-refractivity contribution < 1.29 is 26.6 Å². The summed E-state index contributed by atoms with van der Waals surface area (Å²) in [5.74, 6) is -1.47. The quantitative estimate of drug-likeness (QED) is 0.593. The molecule has 2 aromatic heterocycles. The second kappa shape index (κ2) is 9.13. The molecule has 0 bridgehead atoms. The number of benzene rings is 1. The Balaban J connectivity index is 1.56. The summed E-state index contributed by atoms with van der Waals surface area (Å²) in [5.41, 5.74) is 0.677. The smallest absolute Gasteiger partial charge is 0.324 e. The van der Waals surface area contributed by atoms with Gasteiger partial charge in [-0.05, 0) is 30.3 Å². The number of rotatable bonds is 5. The molecule has 1 aliphatic rings. The summed E-state index contributed by atoms with van der Waals surface area (Å²) < 4.78 is 63.6. The standard InChI is InChI=1S/C19H18F3N7O3S/c20-12-2-1-3-14(10-12)29(19(30)28-6-8-33(23,31)9-7-28)11-13-4-5-15(25-24-13)17-26-27-18(32-17)16(21)22/h1-5,10,16,23H,6-9,11H2. The molecule has 0 unspecified atom stereocenters. The van der Waals surface area contributed by atoms with Crippen molar-refractivity contribution in [2.75, 3.05) is 29.5 Å². The van der Waals surface area contributed by atoms with E-state index in [0.29, 0.717) is 5.69 Å². The van der Waals surface area contributed by atoms with Crippen LogP contribution in [0.5, 0.6) is 0 Å². The van der Waals surface area contributed by atoms with Crippen molar-refractivity contribution in [3.63, 3.8) is 0 Å². The van der Waals surface area contributed by atoms with Crippen LogP contribution in [0.4, 0.5) is 23.7 Å². The molecule has 10 nitrogen and oxygen atoms in total. The minimum atomic E-state index is -2.91. The van der Waals surface area contributed by atoms with Crippen LogP contribution in [0.25, 0.3) is 11.6 Å². The second-order valence-electron chi connectivity index (χ2n) is 7.21. The van der Waals surface area contributed by atoms with Crippen LogP contribution in [-0.4, -0.2) is 60.1 Å². The summed E-state index contributed by atoms with van der Waals surface area (Å²) in [7, 11) is -2.70. The maximum atomic E-state index is 13.9. The van der Waals surface area contributed by atoms with E-state index in [4.69, 9.17) is 9.20 Å². The zero-order chi connectivity index (χ0) is 23.6. The summed E-state index contributed by atoms with van der Waals surface area (Å²) in [5, 5.41) is 14.6. The van der Waals surface area contributed by atoms with Crippen LogP contribution in [0.1, 0.15) is 18.0 Å². The molecule has 2 amide bonds. The number of alkyl halides is 2. The van der Waals surface area contributed by atoms with Gasteiger partial charge in [-0.3, -0.25) is 9.68 Å². The Morgan fingerprint density at radius 1 is 1.15 bits per heavy atom. The van der Waals surface area contributed by atoms with Crippen molar-refractivity contribution in [3.05, 3.63) is 53.8 Å². The zero-order valence-corrected chi connectivity index (χ0v) is 17.8. The Labute approximate surface area is 186 Å². The molecule has 0 atom stereocenters. The number of amides is 2. The number of aromatic nitrogens is 4. The molecule has 33 heavy (non-hydrogen) atoms. The first-order chi connectivity index (χ1) is 15.7. The number of carbonyl (C=O) groups is 1. The van der Waals surface area contributed by atoms with Crippen molar-refractivity contribution in [2.45, 2.75) is 13.0 Å². The van der Waals surface area contributed by atoms with Gasteiger partial charge in [0.2, 0.25) is 0 Å². The number of urea groups is 1. The molecule has 1 N–H and O–H groups in total. The summed E-state index contributed by atoms with van der Waals surface area (Å²) in [6.45, 7) is 0.205. The average Bonchev–Trinajstić information content (AvgIpc) is 3.28. The Bertz CT molecular complexity index is 1240. The van der Waals surface area contributed by atoms with Crippen LogP contribution in [0.15, 0.2) is 40.8 Å². The number of anilines is 1. The van der Waals surface area contributed by atoms with E-state index in [1.165, 1.54) is 40.1 Å². The maximum absolute atomic E-state index is 13.9. The molecule has 1 aliphatic heterocycles. The topological polar surface area (TPSA) is 129 Å². The maximum Gasteiger partial charge on any atom is 0.324 e. The highest BCUT2D eigenvalue weighted by Gasteiger charge is 2.28. The lowest BCUT2D eigenvalue weighted by Gasteiger charge is -2.33. The number of nitrogens with one attached hydrogen (secondary N) is 1. The van der Waals surface area contributed by atoms with E-state index >= 15 is 0 Å². The van der Waals surface area contributed by atoms with Gasteiger partial charge in [0.1, 0.15) is 11.5 Å². The fourth-order valence-corrected chi connectivity index (χ4v) is 4.39. The van der Waals surface area contributed by atoms with Gasteiger partial charge in [-0.1, -0.05) is 6.07 Å². The SMILES string of the molecule is N=S1(=O)CCN(C(=O)N(Cc2ccc(-c3nnc(C(F)F)o3)nn2)c2cccc(F)c2)CC1. The van der Waals surface area contributed by atoms with Crippen molar-refractivity contribution in [2.24, 2.45) is 0 Å². The number of hydrogen-bond donors (Lipinski definition) is 1. The van der Waals surface area contributed by atoms with Crippen LogP contribution < -0.4 is 4.90 Å². The number of halogens is 3. The van der Waals surface area contributed by atoms with Gasteiger partial charge in [0.05, 0.1) is 12.2 Å². The van der Waals surface area contributed by atoms with Crippen molar-refractivity contribution >= 4 is 21.4 Å². The minimum absolute atomic E-state index is 0.0645. The van der Waals surface area contributed by atoms with Gasteiger partial charge < -0.3 is 9.32 Å². The second-order valence-corrected chi connectivity index (χ2v) is 9.65. The van der Waals surface area contributed by atoms with E-state index in [1.807, 2.05) is 0 Å². The molecular weight excluding hydrogens is 463 g/mol. The molecular formula is C19H18F3N7O3S. The highest BCUT2D eigenvalue weighted by Crippen LogP contribution is 2.23. The van der Waals surface area contributed by atoms with Gasteiger partial charge in [0.15, 0.2) is 0 Å². The van der Waals surface area contributed by atoms with Crippen LogP contribution in [0, 0.1) is 10.6 Å². The van der Waals surface area contributed by atoms with Crippen LogP contribution >= 0.6 is 0 Å². The lowest BCUT2D eigenvalue weighted by Crippen LogP contribution is -2.49. The average molecular weight is 481 g/mol. The van der Waals surface area contributed by atoms with Gasteiger partial charge in [-0.25, -0.2) is 13.4 Å². The third kappa shape index (κ3) is 5.27. The molecule has 0 radical (unpaired) electrons. The van der Waals surface area contributed by atoms with Crippen LogP contribution in [-0.2, 0) is 16.3 Å². The van der Waals surface area contributed by atoms with Gasteiger partial charge in [0.25, 0.3) is 11.8 Å². The largest absolute Gasteiger partial charge is 0.413 e. The van der Waals surface area contributed by atoms with Gasteiger partial charge in [0, 0.05) is 40.0 Å². The Hall–Kier alpha value is -3.55. The van der Waals surface area contributed by atoms with Gasteiger partial charge in [-0.2, -0.15) is 13.9 Å². The first-order valence-electron chi connectivity index (χ1n) is 9.72. The molecule has 0 spiro atoms. The number of nitrogens with zero attached hydrogens (tertiary/aromatic N) is 6. The Kier molecular flexibility index (Phi) is 6.26. The summed E-state index contributed by atoms with van der Waals surface area (Å²) >= 11 is 0. The summed E-state index contributed by atoms with van der Waals surface area (Å²) in [6, 6.07) is 7.93. The van der Waals surface area contributed by atoms with E-state index < -0.39 is 33.9 Å². The van der Waals surface area contributed by atoms with Crippen LogP contribution in [0.2, 0.25) is 0 Å². The van der Waals surface area contributed by atoms with Crippen molar-refractivity contribution in [1.29, 1.82) is 4.78 Å². The Morgan fingerprint density at radius 3 is 2.52 bits per heavy atom.